The van der Waals surface area contributed by atoms with Gasteiger partial charge >= 0.3 is 0 Å². The lowest BCUT2D eigenvalue weighted by atomic mass is 9.99. The molecule has 11 aromatic rings. The lowest BCUT2D eigenvalue weighted by Crippen LogP contribution is -2.10. The highest BCUT2D eigenvalue weighted by molar-refractivity contribution is 7.26. The maximum absolute atomic E-state index is 6.61. The summed E-state index contributed by atoms with van der Waals surface area (Å²) in [7, 11) is 0. The maximum atomic E-state index is 6.61. The third-order valence-corrected chi connectivity index (χ3v) is 12.7. The number of para-hydroxylation sites is 2. The molecule has 3 heterocycles. The fourth-order valence-corrected chi connectivity index (χ4v) is 10.3. The Bertz CT molecular complexity index is 3130. The molecule has 0 fully saturated rings. The first kappa shape index (κ1) is 29.5. The van der Waals surface area contributed by atoms with Crippen LogP contribution < -0.4 is 4.90 Å². The molecule has 0 saturated carbocycles. The fourth-order valence-electron chi connectivity index (χ4n) is 7.91. The van der Waals surface area contributed by atoms with E-state index < -0.39 is 0 Å². The van der Waals surface area contributed by atoms with Crippen molar-refractivity contribution in [3.8, 4) is 22.3 Å². The molecule has 0 aliphatic heterocycles. The van der Waals surface area contributed by atoms with Crippen LogP contribution in [0.5, 0.6) is 0 Å². The quantitative estimate of drug-likeness (QED) is 0.178. The van der Waals surface area contributed by atoms with Gasteiger partial charge in [-0.05, 0) is 76.9 Å². The van der Waals surface area contributed by atoms with Gasteiger partial charge in [0, 0.05) is 62.5 Å². The van der Waals surface area contributed by atoms with Crippen molar-refractivity contribution in [1.29, 1.82) is 0 Å². The van der Waals surface area contributed by atoms with Crippen LogP contribution in [0.25, 0.3) is 84.5 Å². The molecule has 0 atom stereocenters. The number of hydrogen-bond donors (Lipinski definition) is 0. The van der Waals surface area contributed by atoms with E-state index in [0.717, 1.165) is 39.0 Å². The SMILES string of the molecule is c1ccc2c(c1)oc1c(N(c3ccc(-c4cccc5c4sc4ccccc45)cc3)c3ccc(-c4cccc5sc6ccccc6c45)cc3)cccc12. The summed E-state index contributed by atoms with van der Waals surface area (Å²) >= 11 is 3.73. The minimum absolute atomic E-state index is 0.876. The third kappa shape index (κ3) is 4.55. The van der Waals surface area contributed by atoms with E-state index in [0.29, 0.717) is 0 Å². The number of fused-ring (bicyclic) bond motifs is 9. The van der Waals surface area contributed by atoms with E-state index >= 15 is 0 Å². The summed E-state index contributed by atoms with van der Waals surface area (Å²) in [5.41, 5.74) is 9.83. The number of thiophene rings is 2. The van der Waals surface area contributed by atoms with Crippen molar-refractivity contribution in [2.45, 2.75) is 0 Å². The maximum Gasteiger partial charge on any atom is 0.159 e. The Morgan fingerprint density at radius 2 is 0.942 bits per heavy atom. The molecule has 244 valence electrons. The molecule has 0 unspecified atom stereocenters. The second-order valence-electron chi connectivity index (χ2n) is 13.2. The fraction of sp³-hybridized carbons (Fsp3) is 0. The Hall–Kier alpha value is -6.20. The smallest absolute Gasteiger partial charge is 0.159 e. The number of nitrogens with zero attached hydrogens (tertiary/aromatic N) is 1. The summed E-state index contributed by atoms with van der Waals surface area (Å²) in [6.45, 7) is 0. The first-order valence-electron chi connectivity index (χ1n) is 17.5. The molecule has 0 radical (unpaired) electrons. The van der Waals surface area contributed by atoms with Gasteiger partial charge in [-0.2, -0.15) is 0 Å². The average molecular weight is 700 g/mol. The van der Waals surface area contributed by atoms with Crippen LogP contribution in [0.3, 0.4) is 0 Å². The van der Waals surface area contributed by atoms with Crippen molar-refractivity contribution in [1.82, 2.24) is 0 Å². The van der Waals surface area contributed by atoms with Crippen LogP contribution in [0.1, 0.15) is 0 Å². The summed E-state index contributed by atoms with van der Waals surface area (Å²) in [6.07, 6.45) is 0. The molecule has 0 amide bonds. The van der Waals surface area contributed by atoms with Crippen molar-refractivity contribution >= 4 is 102 Å². The summed E-state index contributed by atoms with van der Waals surface area (Å²) in [5, 5.41) is 7.50. The van der Waals surface area contributed by atoms with Gasteiger partial charge in [0.2, 0.25) is 0 Å². The summed E-state index contributed by atoms with van der Waals surface area (Å²) in [4.78, 5) is 2.33. The second-order valence-corrected chi connectivity index (χ2v) is 15.4. The molecule has 11 rings (SSSR count). The Kier molecular flexibility index (Phi) is 6.63. The summed E-state index contributed by atoms with van der Waals surface area (Å²) in [5.74, 6) is 0. The Morgan fingerprint density at radius 3 is 1.73 bits per heavy atom. The van der Waals surface area contributed by atoms with Crippen molar-refractivity contribution in [2.75, 3.05) is 4.90 Å². The molecule has 0 bridgehead atoms. The topological polar surface area (TPSA) is 16.4 Å². The number of rotatable bonds is 5. The minimum Gasteiger partial charge on any atom is -0.454 e. The van der Waals surface area contributed by atoms with Crippen LogP contribution >= 0.6 is 22.7 Å². The van der Waals surface area contributed by atoms with E-state index in [1.807, 2.05) is 28.7 Å². The van der Waals surface area contributed by atoms with Gasteiger partial charge in [-0.15, -0.1) is 22.7 Å². The van der Waals surface area contributed by atoms with Gasteiger partial charge in [0.25, 0.3) is 0 Å². The molecule has 0 saturated heterocycles. The molecule has 0 aliphatic carbocycles. The molecule has 4 heteroatoms. The van der Waals surface area contributed by atoms with Gasteiger partial charge in [-0.3, -0.25) is 0 Å². The normalized spacial score (nSPS) is 11.8. The molecule has 0 N–H and O–H groups in total. The van der Waals surface area contributed by atoms with Gasteiger partial charge in [0.1, 0.15) is 5.58 Å². The van der Waals surface area contributed by atoms with E-state index in [4.69, 9.17) is 4.42 Å². The summed E-state index contributed by atoms with van der Waals surface area (Å²) < 4.78 is 11.9. The molecule has 0 aliphatic rings. The van der Waals surface area contributed by atoms with Gasteiger partial charge < -0.3 is 9.32 Å². The molecular formula is C48H29NOS2. The van der Waals surface area contributed by atoms with Gasteiger partial charge in [-0.25, -0.2) is 0 Å². The van der Waals surface area contributed by atoms with Crippen molar-refractivity contribution in [3.05, 3.63) is 176 Å². The monoisotopic (exact) mass is 699 g/mol. The Labute approximate surface area is 308 Å². The van der Waals surface area contributed by atoms with E-state index in [9.17, 15) is 0 Å². The molecule has 52 heavy (non-hydrogen) atoms. The Balaban J connectivity index is 1.06. The van der Waals surface area contributed by atoms with E-state index in [-0.39, 0.29) is 0 Å². The van der Waals surface area contributed by atoms with Crippen molar-refractivity contribution in [3.63, 3.8) is 0 Å². The largest absolute Gasteiger partial charge is 0.454 e. The van der Waals surface area contributed by atoms with Crippen LogP contribution in [0.15, 0.2) is 180 Å². The molecule has 2 nitrogen and oxygen atoms in total. The number of anilines is 3. The predicted molar refractivity (Wildman–Crippen MR) is 225 cm³/mol. The predicted octanol–water partition coefficient (Wildman–Crippen LogP) is 15.1. The first-order chi connectivity index (χ1) is 25.8. The van der Waals surface area contributed by atoms with E-state index in [1.54, 1.807) is 0 Å². The van der Waals surface area contributed by atoms with Crippen LogP contribution in [-0.4, -0.2) is 0 Å². The van der Waals surface area contributed by atoms with Gasteiger partial charge in [0.05, 0.1) is 5.69 Å². The lowest BCUT2D eigenvalue weighted by Gasteiger charge is -2.26. The number of benzene rings is 8. The Morgan fingerprint density at radius 1 is 0.385 bits per heavy atom. The highest BCUT2D eigenvalue weighted by atomic mass is 32.1. The van der Waals surface area contributed by atoms with Crippen molar-refractivity contribution in [2.24, 2.45) is 0 Å². The highest BCUT2D eigenvalue weighted by Crippen LogP contribution is 2.45. The van der Waals surface area contributed by atoms with E-state index in [1.165, 1.54) is 62.6 Å². The zero-order valence-electron chi connectivity index (χ0n) is 27.9. The second kappa shape index (κ2) is 11.7. The number of hydrogen-bond acceptors (Lipinski definition) is 4. The average Bonchev–Trinajstić information content (AvgIpc) is 3.90. The van der Waals surface area contributed by atoms with Crippen LogP contribution in [-0.2, 0) is 0 Å². The first-order valence-corrected chi connectivity index (χ1v) is 19.1. The zero-order valence-corrected chi connectivity index (χ0v) is 29.5. The molecule has 8 aromatic carbocycles. The van der Waals surface area contributed by atoms with Crippen molar-refractivity contribution < 1.29 is 4.42 Å². The van der Waals surface area contributed by atoms with E-state index in [2.05, 4.69) is 175 Å². The molecule has 3 aromatic heterocycles. The highest BCUT2D eigenvalue weighted by Gasteiger charge is 2.20. The summed E-state index contributed by atoms with van der Waals surface area (Å²) in [6, 6.07) is 63.6. The third-order valence-electron chi connectivity index (χ3n) is 10.3. The van der Waals surface area contributed by atoms with Crippen LogP contribution in [0.2, 0.25) is 0 Å². The van der Waals surface area contributed by atoms with Gasteiger partial charge in [0.15, 0.2) is 5.58 Å². The van der Waals surface area contributed by atoms with Crippen LogP contribution in [0, 0.1) is 0 Å². The molecular weight excluding hydrogens is 671 g/mol. The van der Waals surface area contributed by atoms with Gasteiger partial charge in [-0.1, -0.05) is 121 Å². The molecule has 0 spiro atoms. The lowest BCUT2D eigenvalue weighted by molar-refractivity contribution is 0.669. The minimum atomic E-state index is 0.876. The standard InChI is InChI=1S/C48H29NOS2/c1-4-18-42-36(10-1)38-15-8-17-41(47(38)50-42)49(32-26-22-30(23-27-32)34-13-9-21-45-46(34)40-12-3-6-20-44(40)51-45)33-28-24-31(25-29-33)35-14-7-16-39-37-11-2-5-19-43(37)52-48(35)39/h1-29H. The zero-order chi connectivity index (χ0) is 34.2. The van der Waals surface area contributed by atoms with Crippen LogP contribution in [0.4, 0.5) is 17.1 Å². The number of furan rings is 1.